The molecule has 3 aromatic heterocycles. The Kier molecular flexibility index (Phi) is 5.43. The smallest absolute Gasteiger partial charge is 0.255 e. The zero-order valence-corrected chi connectivity index (χ0v) is 18.0. The van der Waals surface area contributed by atoms with Crippen LogP contribution in [0.2, 0.25) is 0 Å². The number of para-hydroxylation sites is 2. The number of aromatic amines is 1. The number of thiophene rings is 1. The van der Waals surface area contributed by atoms with Gasteiger partial charge in [-0.25, -0.2) is 9.97 Å². The Morgan fingerprint density at radius 2 is 1.84 bits per heavy atom. The summed E-state index contributed by atoms with van der Waals surface area (Å²) in [5.41, 5.74) is 5.01. The molecule has 31 heavy (non-hydrogen) atoms. The molecular weight excluding hydrogens is 424 g/mol. The molecule has 2 N–H and O–H groups in total. The molecule has 5 nitrogen and oxygen atoms in total. The van der Waals surface area contributed by atoms with Crippen LogP contribution in [-0.2, 0) is 11.3 Å². The Hall–Kier alpha value is -3.55. The lowest BCUT2D eigenvalue weighted by Gasteiger charge is -2.07. The van der Waals surface area contributed by atoms with Crippen LogP contribution in [0, 0.1) is 0 Å². The van der Waals surface area contributed by atoms with Crippen LogP contribution in [0.1, 0.15) is 17.1 Å². The van der Waals surface area contributed by atoms with Gasteiger partial charge in [0.1, 0.15) is 10.8 Å². The van der Waals surface area contributed by atoms with E-state index >= 15 is 0 Å². The third kappa shape index (κ3) is 4.33. The van der Waals surface area contributed by atoms with Gasteiger partial charge in [-0.1, -0.05) is 42.5 Å². The molecule has 7 heteroatoms. The molecule has 5 aromatic rings. The molecule has 2 aromatic carbocycles. The highest BCUT2D eigenvalue weighted by Gasteiger charge is 2.17. The highest BCUT2D eigenvalue weighted by atomic mass is 32.1. The second-order valence-electron chi connectivity index (χ2n) is 6.92. The first-order valence-electron chi connectivity index (χ1n) is 9.73. The Balaban J connectivity index is 1.49. The number of thiazole rings is 1. The molecule has 0 bridgehead atoms. The van der Waals surface area contributed by atoms with Crippen LogP contribution in [0.25, 0.3) is 33.3 Å². The fourth-order valence-electron chi connectivity index (χ4n) is 3.21. The SMILES string of the molecule is O=C(NCc1ccccc1)/C(=C/c1csc(-c2ccsc2)n1)c1nc2ccccc2[nH]1. The van der Waals surface area contributed by atoms with Gasteiger partial charge in [0.05, 0.1) is 22.3 Å². The van der Waals surface area contributed by atoms with Gasteiger partial charge in [0, 0.05) is 22.9 Å². The van der Waals surface area contributed by atoms with Crippen molar-refractivity contribution in [1.82, 2.24) is 20.3 Å². The zero-order valence-electron chi connectivity index (χ0n) is 16.4. The monoisotopic (exact) mass is 442 g/mol. The highest BCUT2D eigenvalue weighted by molar-refractivity contribution is 7.14. The van der Waals surface area contributed by atoms with Crippen LogP contribution in [0.15, 0.2) is 76.8 Å². The Morgan fingerprint density at radius 1 is 1.00 bits per heavy atom. The number of benzene rings is 2. The van der Waals surface area contributed by atoms with E-state index in [0.717, 1.165) is 32.9 Å². The van der Waals surface area contributed by atoms with Crippen LogP contribution in [0.5, 0.6) is 0 Å². The molecule has 1 amide bonds. The summed E-state index contributed by atoms with van der Waals surface area (Å²) in [6.45, 7) is 0.439. The maximum Gasteiger partial charge on any atom is 0.255 e. The summed E-state index contributed by atoms with van der Waals surface area (Å²) < 4.78 is 0. The quantitative estimate of drug-likeness (QED) is 0.336. The third-order valence-corrected chi connectivity index (χ3v) is 6.36. The Bertz CT molecular complexity index is 1320. The van der Waals surface area contributed by atoms with E-state index in [1.165, 1.54) is 0 Å². The molecule has 0 spiro atoms. The summed E-state index contributed by atoms with van der Waals surface area (Å²) in [4.78, 5) is 25.8. The van der Waals surface area contributed by atoms with E-state index in [0.29, 0.717) is 17.9 Å². The summed E-state index contributed by atoms with van der Waals surface area (Å²) in [7, 11) is 0. The second-order valence-corrected chi connectivity index (χ2v) is 8.56. The standard InChI is InChI=1S/C24H18N4OS2/c29-23(25-13-16-6-2-1-3-7-16)19(22-27-20-8-4-5-9-21(20)28-22)12-18-15-31-24(26-18)17-10-11-30-14-17/h1-12,14-15H,13H2,(H,25,29)(H,27,28)/b19-12+. The van der Waals surface area contributed by atoms with E-state index in [-0.39, 0.29) is 5.91 Å². The van der Waals surface area contributed by atoms with Gasteiger partial charge < -0.3 is 10.3 Å². The molecule has 0 saturated carbocycles. The number of carbonyl (C=O) groups excluding carboxylic acids is 1. The van der Waals surface area contributed by atoms with Gasteiger partial charge in [0.25, 0.3) is 5.91 Å². The first-order valence-corrected chi connectivity index (χ1v) is 11.6. The molecule has 5 rings (SSSR count). The van der Waals surface area contributed by atoms with Crippen molar-refractivity contribution in [2.24, 2.45) is 0 Å². The van der Waals surface area contributed by atoms with Crippen molar-refractivity contribution in [3.63, 3.8) is 0 Å². The van der Waals surface area contributed by atoms with Crippen LogP contribution >= 0.6 is 22.7 Å². The molecule has 0 atom stereocenters. The number of nitrogens with one attached hydrogen (secondary N) is 2. The normalized spacial score (nSPS) is 11.7. The number of aromatic nitrogens is 3. The minimum absolute atomic E-state index is 0.201. The lowest BCUT2D eigenvalue weighted by molar-refractivity contribution is -0.115. The lowest BCUT2D eigenvalue weighted by atomic mass is 10.1. The van der Waals surface area contributed by atoms with Crippen molar-refractivity contribution in [3.8, 4) is 10.6 Å². The number of carbonyl (C=O) groups is 1. The van der Waals surface area contributed by atoms with Crippen molar-refractivity contribution >= 4 is 51.3 Å². The highest BCUT2D eigenvalue weighted by Crippen LogP contribution is 2.28. The van der Waals surface area contributed by atoms with E-state index in [1.807, 2.05) is 71.4 Å². The number of amides is 1. The zero-order chi connectivity index (χ0) is 21.0. The van der Waals surface area contributed by atoms with E-state index < -0.39 is 0 Å². The van der Waals surface area contributed by atoms with Gasteiger partial charge >= 0.3 is 0 Å². The molecular formula is C24H18N4OS2. The summed E-state index contributed by atoms with van der Waals surface area (Å²) in [6.07, 6.45) is 1.80. The molecule has 0 aliphatic heterocycles. The molecule has 0 saturated heterocycles. The van der Waals surface area contributed by atoms with Gasteiger partial charge in [-0.15, -0.1) is 11.3 Å². The van der Waals surface area contributed by atoms with Gasteiger partial charge in [0.2, 0.25) is 0 Å². The lowest BCUT2D eigenvalue weighted by Crippen LogP contribution is -2.24. The minimum Gasteiger partial charge on any atom is -0.348 e. The third-order valence-electron chi connectivity index (χ3n) is 4.77. The first-order chi connectivity index (χ1) is 15.3. The van der Waals surface area contributed by atoms with Crippen LogP contribution in [-0.4, -0.2) is 20.9 Å². The van der Waals surface area contributed by atoms with E-state index in [2.05, 4.69) is 20.7 Å². The number of hydrogen-bond acceptors (Lipinski definition) is 5. The average Bonchev–Trinajstić information content (AvgIpc) is 3.56. The summed E-state index contributed by atoms with van der Waals surface area (Å²) in [5.74, 6) is 0.324. The second kappa shape index (κ2) is 8.67. The first kappa shape index (κ1) is 19.4. The number of hydrogen-bond donors (Lipinski definition) is 2. The maximum atomic E-state index is 13.2. The predicted molar refractivity (Wildman–Crippen MR) is 128 cm³/mol. The van der Waals surface area contributed by atoms with Gasteiger partial charge in [-0.05, 0) is 35.2 Å². The topological polar surface area (TPSA) is 70.7 Å². The molecule has 0 aliphatic rings. The number of imidazole rings is 1. The fraction of sp³-hybridized carbons (Fsp3) is 0.0417. The largest absolute Gasteiger partial charge is 0.348 e. The molecule has 3 heterocycles. The predicted octanol–water partition coefficient (Wildman–Crippen LogP) is 5.60. The number of H-pyrrole nitrogens is 1. The summed E-state index contributed by atoms with van der Waals surface area (Å²) in [6, 6.07) is 19.6. The maximum absolute atomic E-state index is 13.2. The van der Waals surface area contributed by atoms with Crippen molar-refractivity contribution in [2.75, 3.05) is 0 Å². The van der Waals surface area contributed by atoms with E-state index in [1.54, 1.807) is 28.7 Å². The van der Waals surface area contributed by atoms with Gasteiger partial charge in [-0.2, -0.15) is 11.3 Å². The van der Waals surface area contributed by atoms with E-state index in [4.69, 9.17) is 4.98 Å². The van der Waals surface area contributed by atoms with Crippen molar-refractivity contribution in [1.29, 1.82) is 0 Å². The van der Waals surface area contributed by atoms with Gasteiger partial charge in [-0.3, -0.25) is 4.79 Å². The average molecular weight is 443 g/mol. The molecule has 0 aliphatic carbocycles. The minimum atomic E-state index is -0.201. The van der Waals surface area contributed by atoms with Gasteiger partial charge in [0.15, 0.2) is 0 Å². The number of rotatable bonds is 6. The summed E-state index contributed by atoms with van der Waals surface area (Å²) in [5, 5.41) is 10.00. The fourth-order valence-corrected chi connectivity index (χ4v) is 4.70. The number of fused-ring (bicyclic) bond motifs is 1. The van der Waals surface area contributed by atoms with E-state index in [9.17, 15) is 4.79 Å². The van der Waals surface area contributed by atoms with Crippen LogP contribution in [0.3, 0.4) is 0 Å². The van der Waals surface area contributed by atoms with Crippen LogP contribution in [0.4, 0.5) is 0 Å². The molecule has 152 valence electrons. The number of nitrogens with zero attached hydrogens (tertiary/aromatic N) is 2. The van der Waals surface area contributed by atoms with Crippen molar-refractivity contribution < 1.29 is 4.79 Å². The van der Waals surface area contributed by atoms with Crippen molar-refractivity contribution in [3.05, 3.63) is 93.9 Å². The summed E-state index contributed by atoms with van der Waals surface area (Å²) >= 11 is 3.20. The van der Waals surface area contributed by atoms with Crippen LogP contribution < -0.4 is 5.32 Å². The molecule has 0 unspecified atom stereocenters. The Morgan fingerprint density at radius 3 is 2.65 bits per heavy atom. The molecule has 0 fully saturated rings. The van der Waals surface area contributed by atoms with Crippen molar-refractivity contribution in [2.45, 2.75) is 6.54 Å². The Labute approximate surface area is 187 Å². The molecule has 0 radical (unpaired) electrons.